The molecule has 0 unspecified atom stereocenters. The molecule has 2 heterocycles. The molecule has 5 nitrogen and oxygen atoms in total. The number of hydrogen-bond donors (Lipinski definition) is 2. The van der Waals surface area contributed by atoms with E-state index in [-0.39, 0.29) is 5.75 Å². The van der Waals surface area contributed by atoms with Crippen LogP contribution in [-0.2, 0) is 20.5 Å². The van der Waals surface area contributed by atoms with Gasteiger partial charge in [-0.1, -0.05) is 19.9 Å². The molecule has 0 saturated heterocycles. The second kappa shape index (κ2) is 7.04. The number of aromatic nitrogens is 1. The van der Waals surface area contributed by atoms with E-state index in [4.69, 9.17) is 4.74 Å². The first-order valence-electron chi connectivity index (χ1n) is 10.8. The maximum Gasteiger partial charge on any atom is 0.306 e. The number of hydrogen-bond acceptors (Lipinski definition) is 3. The molecule has 168 valence electrons. The second-order valence-electron chi connectivity index (χ2n) is 9.61. The minimum atomic E-state index is -0.945. The summed E-state index contributed by atoms with van der Waals surface area (Å²) in [5.74, 6) is -3.01. The largest absolute Gasteiger partial charge is 0.507 e. The molecule has 3 aromatic rings. The Kier molecular flexibility index (Phi) is 4.60. The average Bonchev–Trinajstić information content (AvgIpc) is 3.12. The minimum Gasteiger partial charge on any atom is -0.507 e. The molecule has 1 spiro atoms. The molecule has 2 N–H and O–H groups in total. The summed E-state index contributed by atoms with van der Waals surface area (Å²) >= 11 is 0. The van der Waals surface area contributed by atoms with Crippen molar-refractivity contribution in [2.45, 2.75) is 50.5 Å². The molecule has 0 atom stereocenters. The minimum absolute atomic E-state index is 0.0844. The van der Waals surface area contributed by atoms with Crippen LogP contribution < -0.4 is 0 Å². The summed E-state index contributed by atoms with van der Waals surface area (Å²) in [5.41, 5.74) is 1.62. The number of ether oxygens (including phenoxy) is 1. The number of carboxylic acid groups (broad SMARTS) is 1. The summed E-state index contributed by atoms with van der Waals surface area (Å²) in [7, 11) is 0. The van der Waals surface area contributed by atoms with Gasteiger partial charge in [0.1, 0.15) is 5.75 Å². The van der Waals surface area contributed by atoms with Gasteiger partial charge in [0.05, 0.1) is 23.6 Å². The Labute approximate surface area is 184 Å². The van der Waals surface area contributed by atoms with Gasteiger partial charge < -0.3 is 19.5 Å². The van der Waals surface area contributed by atoms with Crippen molar-refractivity contribution < 1.29 is 28.5 Å². The Bertz CT molecular complexity index is 1240. The van der Waals surface area contributed by atoms with E-state index in [1.165, 1.54) is 12.1 Å². The van der Waals surface area contributed by atoms with Crippen LogP contribution in [0.5, 0.6) is 5.75 Å². The molecule has 5 rings (SSSR count). The number of rotatable bonds is 2. The highest BCUT2D eigenvalue weighted by Crippen LogP contribution is 2.55. The highest BCUT2D eigenvalue weighted by molar-refractivity contribution is 5.94. The SMILES string of the molecule is CC1(C)CO[C@]2(CC[C@@H](C(=O)O)CC2)c2c1n(-c1ccc(F)c(F)c1)c1cccc(O)c12. The number of phenolic OH excluding ortho intramolecular Hbond substituents is 1. The van der Waals surface area contributed by atoms with Crippen molar-refractivity contribution in [3.05, 3.63) is 59.3 Å². The highest BCUT2D eigenvalue weighted by Gasteiger charge is 2.50. The summed E-state index contributed by atoms with van der Waals surface area (Å²) in [4.78, 5) is 11.5. The van der Waals surface area contributed by atoms with Gasteiger partial charge >= 0.3 is 5.97 Å². The predicted octanol–water partition coefficient (Wildman–Crippen LogP) is 5.39. The van der Waals surface area contributed by atoms with Crippen molar-refractivity contribution in [3.63, 3.8) is 0 Å². The summed E-state index contributed by atoms with van der Waals surface area (Å²) < 4.78 is 36.3. The second-order valence-corrected chi connectivity index (χ2v) is 9.61. The van der Waals surface area contributed by atoms with Gasteiger partial charge in [-0.05, 0) is 49.9 Å². The first-order chi connectivity index (χ1) is 15.1. The van der Waals surface area contributed by atoms with Crippen molar-refractivity contribution in [1.29, 1.82) is 0 Å². The molecule has 1 fully saturated rings. The zero-order valence-corrected chi connectivity index (χ0v) is 18.0. The third kappa shape index (κ3) is 2.94. The standard InChI is InChI=1S/C25H25F2NO4/c1-24(2)13-32-25(10-8-14(9-11-25)23(30)31)21-20-18(4-3-5-19(20)29)28(22(21)24)15-6-7-16(26)17(27)12-15/h3-7,12,14,29H,8-11,13H2,1-2H3,(H,30,31)/t14-,25+. The van der Waals surface area contributed by atoms with E-state index in [1.54, 1.807) is 12.1 Å². The average molecular weight is 441 g/mol. The van der Waals surface area contributed by atoms with Gasteiger partial charge in [-0.3, -0.25) is 4.79 Å². The molecule has 0 bridgehead atoms. The number of phenols is 1. The fourth-order valence-corrected chi connectivity index (χ4v) is 5.48. The quantitative estimate of drug-likeness (QED) is 0.559. The van der Waals surface area contributed by atoms with E-state index in [1.807, 2.05) is 24.5 Å². The summed E-state index contributed by atoms with van der Waals surface area (Å²) in [6, 6.07) is 8.98. The Morgan fingerprint density at radius 2 is 1.84 bits per heavy atom. The van der Waals surface area contributed by atoms with Crippen LogP contribution >= 0.6 is 0 Å². The molecule has 2 aliphatic rings. The fraction of sp³-hybridized carbons (Fsp3) is 0.400. The monoisotopic (exact) mass is 441 g/mol. The number of carbonyl (C=O) groups is 1. The van der Waals surface area contributed by atoms with Gasteiger partial charge in [-0.15, -0.1) is 0 Å². The number of halogens is 2. The van der Waals surface area contributed by atoms with Crippen molar-refractivity contribution in [3.8, 4) is 11.4 Å². The maximum atomic E-state index is 14.2. The van der Waals surface area contributed by atoms with E-state index < -0.39 is 34.5 Å². The number of aromatic hydroxyl groups is 1. The maximum absolute atomic E-state index is 14.2. The topological polar surface area (TPSA) is 71.7 Å². The summed E-state index contributed by atoms with van der Waals surface area (Å²) in [6.07, 6.45) is 1.97. The van der Waals surface area contributed by atoms with Gasteiger partial charge in [0.2, 0.25) is 0 Å². The zero-order valence-electron chi connectivity index (χ0n) is 18.0. The lowest BCUT2D eigenvalue weighted by atomic mass is 9.69. The van der Waals surface area contributed by atoms with Gasteiger partial charge in [0, 0.05) is 33.8 Å². The van der Waals surface area contributed by atoms with E-state index in [0.29, 0.717) is 48.9 Å². The molecule has 2 aromatic carbocycles. The molecule has 1 saturated carbocycles. The van der Waals surface area contributed by atoms with Crippen LogP contribution in [0.4, 0.5) is 8.78 Å². The van der Waals surface area contributed by atoms with Gasteiger partial charge in [0.15, 0.2) is 11.6 Å². The first kappa shape index (κ1) is 20.9. The summed E-state index contributed by atoms with van der Waals surface area (Å²) in [5, 5.41) is 21.0. The smallest absolute Gasteiger partial charge is 0.306 e. The van der Waals surface area contributed by atoms with Crippen molar-refractivity contribution in [2.75, 3.05) is 6.61 Å². The third-order valence-electron chi connectivity index (χ3n) is 7.08. The van der Waals surface area contributed by atoms with Crippen LogP contribution in [0.2, 0.25) is 0 Å². The van der Waals surface area contributed by atoms with E-state index in [9.17, 15) is 23.8 Å². The van der Waals surface area contributed by atoms with Crippen LogP contribution in [0.1, 0.15) is 50.8 Å². The Morgan fingerprint density at radius 1 is 1.12 bits per heavy atom. The van der Waals surface area contributed by atoms with Crippen molar-refractivity contribution in [2.24, 2.45) is 5.92 Å². The lowest BCUT2D eigenvalue weighted by Crippen LogP contribution is -2.46. The molecule has 32 heavy (non-hydrogen) atoms. The number of fused-ring (bicyclic) bond motifs is 4. The summed E-state index contributed by atoms with van der Waals surface area (Å²) in [6.45, 7) is 4.43. The third-order valence-corrected chi connectivity index (χ3v) is 7.08. The Morgan fingerprint density at radius 3 is 2.50 bits per heavy atom. The number of nitrogens with zero attached hydrogens (tertiary/aromatic N) is 1. The molecule has 7 heteroatoms. The first-order valence-corrected chi connectivity index (χ1v) is 10.8. The van der Waals surface area contributed by atoms with Crippen LogP contribution in [0.15, 0.2) is 36.4 Å². The zero-order chi connectivity index (χ0) is 22.8. The number of carboxylic acids is 1. The fourth-order valence-electron chi connectivity index (χ4n) is 5.48. The predicted molar refractivity (Wildman–Crippen MR) is 115 cm³/mol. The lowest BCUT2D eigenvalue weighted by Gasteiger charge is -2.47. The van der Waals surface area contributed by atoms with Crippen molar-refractivity contribution in [1.82, 2.24) is 4.57 Å². The van der Waals surface area contributed by atoms with E-state index in [0.717, 1.165) is 17.3 Å². The Hall–Kier alpha value is -2.93. The van der Waals surface area contributed by atoms with E-state index in [2.05, 4.69) is 0 Å². The number of aliphatic carboxylic acids is 1. The molecule has 1 aliphatic heterocycles. The van der Waals surface area contributed by atoms with Gasteiger partial charge in [-0.25, -0.2) is 8.78 Å². The molecular weight excluding hydrogens is 416 g/mol. The van der Waals surface area contributed by atoms with Crippen LogP contribution in [0, 0.1) is 17.6 Å². The van der Waals surface area contributed by atoms with Crippen LogP contribution in [-0.4, -0.2) is 27.4 Å². The lowest BCUT2D eigenvalue weighted by molar-refractivity contribution is -0.149. The molecule has 1 aliphatic carbocycles. The van der Waals surface area contributed by atoms with Crippen molar-refractivity contribution >= 4 is 16.9 Å². The molecule has 0 radical (unpaired) electrons. The van der Waals surface area contributed by atoms with E-state index >= 15 is 0 Å². The molecular formula is C25H25F2NO4. The normalized spacial score (nSPS) is 24.6. The van der Waals surface area contributed by atoms with Crippen LogP contribution in [0.3, 0.4) is 0 Å². The molecule has 1 aromatic heterocycles. The molecule has 0 amide bonds. The van der Waals surface area contributed by atoms with Gasteiger partial charge in [0.25, 0.3) is 0 Å². The Balaban J connectivity index is 1.82. The van der Waals surface area contributed by atoms with Crippen LogP contribution in [0.25, 0.3) is 16.6 Å². The highest BCUT2D eigenvalue weighted by atomic mass is 19.2. The van der Waals surface area contributed by atoms with Gasteiger partial charge in [-0.2, -0.15) is 0 Å². The number of benzene rings is 2.